The van der Waals surface area contributed by atoms with Crippen LogP contribution in [0.25, 0.3) is 0 Å². The number of fused-ring (bicyclic) bond motifs is 2. The molecule has 3 rings (SSSR count). The van der Waals surface area contributed by atoms with Crippen LogP contribution >= 0.6 is 0 Å². The molecular weight excluding hydrogens is 204 g/mol. The number of benzene rings is 1. The van der Waals surface area contributed by atoms with Gasteiger partial charge in [-0.25, -0.2) is 0 Å². The second kappa shape index (κ2) is 3.49. The van der Waals surface area contributed by atoms with Crippen molar-refractivity contribution in [2.45, 2.75) is 6.04 Å². The van der Waals surface area contributed by atoms with E-state index >= 15 is 0 Å². The molecule has 4 heteroatoms. The summed E-state index contributed by atoms with van der Waals surface area (Å²) in [4.78, 5) is 14.1. The zero-order valence-corrected chi connectivity index (χ0v) is 9.14. The second-order valence-electron chi connectivity index (χ2n) is 4.33. The van der Waals surface area contributed by atoms with Crippen molar-refractivity contribution < 1.29 is 9.53 Å². The molecule has 0 aromatic heterocycles. The molecule has 1 saturated heterocycles. The first-order chi connectivity index (χ1) is 7.77. The number of hydrogen-bond donors (Lipinski definition) is 1. The Balaban J connectivity index is 2.08. The fourth-order valence-corrected chi connectivity index (χ4v) is 2.47. The van der Waals surface area contributed by atoms with E-state index in [0.29, 0.717) is 13.2 Å². The average molecular weight is 218 g/mol. The van der Waals surface area contributed by atoms with E-state index < -0.39 is 0 Å². The van der Waals surface area contributed by atoms with Gasteiger partial charge in [0.05, 0.1) is 36.5 Å². The Morgan fingerprint density at radius 1 is 1.38 bits per heavy atom. The number of nitrogens with zero attached hydrogens (tertiary/aromatic N) is 1. The van der Waals surface area contributed by atoms with E-state index in [4.69, 9.17) is 4.74 Å². The molecule has 2 unspecified atom stereocenters. The molecule has 0 saturated carbocycles. The molecule has 1 fully saturated rings. The number of rotatable bonds is 0. The van der Waals surface area contributed by atoms with Crippen LogP contribution in [0.2, 0.25) is 0 Å². The third-order valence-electron chi connectivity index (χ3n) is 3.43. The van der Waals surface area contributed by atoms with Crippen LogP contribution in [0.5, 0.6) is 0 Å². The van der Waals surface area contributed by atoms with Gasteiger partial charge in [0, 0.05) is 7.05 Å². The Morgan fingerprint density at radius 3 is 3.06 bits per heavy atom. The number of ether oxygens (including phenoxy) is 1. The molecule has 2 aliphatic rings. The van der Waals surface area contributed by atoms with Crippen LogP contribution in [0.3, 0.4) is 0 Å². The van der Waals surface area contributed by atoms with Crippen molar-refractivity contribution in [3.05, 3.63) is 24.3 Å². The minimum absolute atomic E-state index is 0.0580. The predicted molar refractivity (Wildman–Crippen MR) is 61.6 cm³/mol. The molecule has 16 heavy (non-hydrogen) atoms. The van der Waals surface area contributed by atoms with Crippen LogP contribution in [0.1, 0.15) is 0 Å². The molecule has 1 aromatic carbocycles. The van der Waals surface area contributed by atoms with Gasteiger partial charge in [0.2, 0.25) is 5.91 Å². The number of carbonyl (C=O) groups is 1. The van der Waals surface area contributed by atoms with E-state index in [1.165, 1.54) is 0 Å². The normalized spacial score (nSPS) is 28.1. The Labute approximate surface area is 94.2 Å². The monoisotopic (exact) mass is 218 g/mol. The smallest absolute Gasteiger partial charge is 0.232 e. The maximum Gasteiger partial charge on any atom is 0.232 e. The van der Waals surface area contributed by atoms with Gasteiger partial charge in [0.25, 0.3) is 0 Å². The summed E-state index contributed by atoms with van der Waals surface area (Å²) in [6.45, 7) is 1.15. The lowest BCUT2D eigenvalue weighted by Crippen LogP contribution is -2.40. The first-order valence-corrected chi connectivity index (χ1v) is 5.48. The van der Waals surface area contributed by atoms with Gasteiger partial charge in [-0.2, -0.15) is 0 Å². The van der Waals surface area contributed by atoms with Crippen molar-refractivity contribution in [2.75, 3.05) is 30.5 Å². The van der Waals surface area contributed by atoms with E-state index in [1.807, 2.05) is 31.3 Å². The summed E-state index contributed by atoms with van der Waals surface area (Å²) in [5.41, 5.74) is 1.96. The Morgan fingerprint density at radius 2 is 2.19 bits per heavy atom. The van der Waals surface area contributed by atoms with Gasteiger partial charge in [-0.3, -0.25) is 4.79 Å². The van der Waals surface area contributed by atoms with Gasteiger partial charge in [0.15, 0.2) is 0 Å². The summed E-state index contributed by atoms with van der Waals surface area (Å²) in [7, 11) is 2.02. The molecular formula is C12H14N2O2. The van der Waals surface area contributed by atoms with Crippen molar-refractivity contribution in [3.8, 4) is 0 Å². The average Bonchev–Trinajstić information content (AvgIpc) is 2.74. The molecule has 1 aromatic rings. The van der Waals surface area contributed by atoms with Crippen LogP contribution in [0, 0.1) is 5.92 Å². The molecule has 0 bridgehead atoms. The second-order valence-corrected chi connectivity index (χ2v) is 4.33. The summed E-state index contributed by atoms with van der Waals surface area (Å²) >= 11 is 0. The Kier molecular flexibility index (Phi) is 2.11. The highest BCUT2D eigenvalue weighted by atomic mass is 16.5. The third kappa shape index (κ3) is 1.30. The standard InChI is InChI=1S/C12H14N2O2/c1-14-10-5-3-2-4-9(10)13-12(15)8-6-16-7-11(8)14/h2-5,8,11H,6-7H2,1H3,(H,13,15). The molecule has 2 atom stereocenters. The zero-order chi connectivity index (χ0) is 11.1. The Bertz CT molecular complexity index is 433. The van der Waals surface area contributed by atoms with Crippen LogP contribution in [-0.2, 0) is 9.53 Å². The summed E-state index contributed by atoms with van der Waals surface area (Å²) in [6, 6.07) is 8.04. The zero-order valence-electron chi connectivity index (χ0n) is 9.14. The minimum Gasteiger partial charge on any atom is -0.378 e. The van der Waals surface area contributed by atoms with E-state index in [-0.39, 0.29) is 17.9 Å². The van der Waals surface area contributed by atoms with Gasteiger partial charge in [-0.05, 0) is 12.1 Å². The van der Waals surface area contributed by atoms with Gasteiger partial charge in [0.1, 0.15) is 0 Å². The van der Waals surface area contributed by atoms with Crippen molar-refractivity contribution in [2.24, 2.45) is 5.92 Å². The van der Waals surface area contributed by atoms with Crippen LogP contribution in [0.15, 0.2) is 24.3 Å². The molecule has 84 valence electrons. The number of anilines is 2. The topological polar surface area (TPSA) is 41.6 Å². The van der Waals surface area contributed by atoms with E-state index in [1.54, 1.807) is 0 Å². The van der Waals surface area contributed by atoms with Gasteiger partial charge >= 0.3 is 0 Å². The number of likely N-dealkylation sites (N-methyl/N-ethyl adjacent to an activating group) is 1. The maximum absolute atomic E-state index is 12.0. The molecule has 0 aliphatic carbocycles. The molecule has 2 aliphatic heterocycles. The highest BCUT2D eigenvalue weighted by Gasteiger charge is 2.39. The van der Waals surface area contributed by atoms with Gasteiger partial charge in [-0.1, -0.05) is 12.1 Å². The van der Waals surface area contributed by atoms with Crippen LogP contribution in [0.4, 0.5) is 11.4 Å². The number of nitrogens with one attached hydrogen (secondary N) is 1. The quantitative estimate of drug-likeness (QED) is 0.708. The largest absolute Gasteiger partial charge is 0.378 e. The number of para-hydroxylation sites is 2. The molecule has 1 N–H and O–H groups in total. The number of carbonyl (C=O) groups excluding carboxylic acids is 1. The fraction of sp³-hybridized carbons (Fsp3) is 0.417. The molecule has 1 amide bonds. The number of amides is 1. The Hall–Kier alpha value is -1.55. The lowest BCUT2D eigenvalue weighted by Gasteiger charge is -2.26. The van der Waals surface area contributed by atoms with Gasteiger partial charge < -0.3 is 15.0 Å². The third-order valence-corrected chi connectivity index (χ3v) is 3.43. The lowest BCUT2D eigenvalue weighted by atomic mass is 10.0. The van der Waals surface area contributed by atoms with Crippen molar-refractivity contribution in [3.63, 3.8) is 0 Å². The predicted octanol–water partition coefficient (Wildman–Crippen LogP) is 1.09. The SMILES string of the molecule is CN1c2ccccc2NC(=O)C2COCC21. The maximum atomic E-state index is 12.0. The van der Waals surface area contributed by atoms with Crippen molar-refractivity contribution in [1.29, 1.82) is 0 Å². The van der Waals surface area contributed by atoms with Gasteiger partial charge in [-0.15, -0.1) is 0 Å². The number of hydrogen-bond acceptors (Lipinski definition) is 3. The molecule has 0 radical (unpaired) electrons. The molecule has 2 heterocycles. The summed E-state index contributed by atoms with van der Waals surface area (Å²) in [6.07, 6.45) is 0. The summed E-state index contributed by atoms with van der Waals surface area (Å²) in [5, 5.41) is 2.96. The highest BCUT2D eigenvalue weighted by Crippen LogP contribution is 2.34. The van der Waals surface area contributed by atoms with Crippen molar-refractivity contribution in [1.82, 2.24) is 0 Å². The van der Waals surface area contributed by atoms with E-state index in [0.717, 1.165) is 11.4 Å². The first-order valence-electron chi connectivity index (χ1n) is 5.48. The summed E-state index contributed by atoms with van der Waals surface area (Å²) < 4.78 is 5.40. The fourth-order valence-electron chi connectivity index (χ4n) is 2.47. The van der Waals surface area contributed by atoms with Crippen LogP contribution < -0.4 is 10.2 Å². The highest BCUT2D eigenvalue weighted by molar-refractivity contribution is 5.98. The summed E-state index contributed by atoms with van der Waals surface area (Å²) in [5.74, 6) is 0.0108. The van der Waals surface area contributed by atoms with Crippen LogP contribution in [-0.4, -0.2) is 32.2 Å². The van der Waals surface area contributed by atoms with E-state index in [2.05, 4.69) is 10.2 Å². The van der Waals surface area contributed by atoms with Crippen molar-refractivity contribution >= 4 is 17.3 Å². The molecule has 0 spiro atoms. The van der Waals surface area contributed by atoms with E-state index in [9.17, 15) is 4.79 Å². The minimum atomic E-state index is -0.0580. The lowest BCUT2D eigenvalue weighted by molar-refractivity contribution is -0.120. The first kappa shape index (κ1) is 9.66. The molecule has 4 nitrogen and oxygen atoms in total.